The van der Waals surface area contributed by atoms with Gasteiger partial charge in [-0.05, 0) is 15.9 Å². The molecule has 1 unspecified atom stereocenters. The van der Waals surface area contributed by atoms with E-state index in [1.165, 1.54) is 23.2 Å². The van der Waals surface area contributed by atoms with Crippen LogP contribution in [0.3, 0.4) is 0 Å². The van der Waals surface area contributed by atoms with Crippen molar-refractivity contribution in [3.8, 4) is 0 Å². The van der Waals surface area contributed by atoms with Gasteiger partial charge in [0.1, 0.15) is 0 Å². The van der Waals surface area contributed by atoms with Crippen LogP contribution in [-0.4, -0.2) is 7.38 Å². The average Bonchev–Trinajstić information content (AvgIpc) is 2.48. The summed E-state index contributed by atoms with van der Waals surface area (Å²) in [6.45, 7) is 4.54. The van der Waals surface area contributed by atoms with Crippen molar-refractivity contribution in [2.75, 3.05) is 0 Å². The van der Waals surface area contributed by atoms with Crippen LogP contribution in [0.2, 0.25) is 5.54 Å². The molecule has 0 radical (unpaired) electrons. The summed E-state index contributed by atoms with van der Waals surface area (Å²) in [4.78, 5) is 0. The number of halogens is 1. The summed E-state index contributed by atoms with van der Waals surface area (Å²) in [7, 11) is -2.15. The van der Waals surface area contributed by atoms with Crippen molar-refractivity contribution in [2.24, 2.45) is 0 Å². The van der Waals surface area contributed by atoms with E-state index in [4.69, 9.17) is 11.1 Å². The fourth-order valence-electron chi connectivity index (χ4n) is 2.73. The quantitative estimate of drug-likeness (QED) is 0.572. The molecule has 0 N–H and O–H groups in total. The Morgan fingerprint density at radius 2 is 1.32 bits per heavy atom. The standard InChI is InChI=1S/C17H21ClSi/c1-3-10-15(2)19(18,16-11-6-4-7-12-16)17-13-8-5-9-14-17/h4-9,11-15H,3,10H2,1-2H3. The molecule has 0 aromatic heterocycles. The van der Waals surface area contributed by atoms with E-state index in [1.54, 1.807) is 0 Å². The summed E-state index contributed by atoms with van der Waals surface area (Å²) in [6, 6.07) is 21.3. The third kappa shape index (κ3) is 2.93. The fourth-order valence-corrected chi connectivity index (χ4v) is 7.33. The van der Waals surface area contributed by atoms with Crippen molar-refractivity contribution in [2.45, 2.75) is 32.2 Å². The first-order valence-corrected chi connectivity index (χ1v) is 10.1. The highest BCUT2D eigenvalue weighted by atomic mass is 35.6. The molecule has 2 rings (SSSR count). The van der Waals surface area contributed by atoms with Crippen LogP contribution in [0.1, 0.15) is 26.7 Å². The zero-order valence-corrected chi connectivity index (χ0v) is 13.4. The van der Waals surface area contributed by atoms with E-state index in [0.717, 1.165) is 0 Å². The molecule has 2 heteroatoms. The molecular formula is C17H21ClSi. The Kier molecular flexibility index (Phi) is 4.84. The average molecular weight is 289 g/mol. The smallest absolute Gasteiger partial charge is 0.155 e. The zero-order valence-electron chi connectivity index (χ0n) is 11.6. The molecule has 100 valence electrons. The molecule has 0 nitrogen and oxygen atoms in total. The summed E-state index contributed by atoms with van der Waals surface area (Å²) in [5, 5.41) is 2.65. The molecule has 0 amide bonds. The van der Waals surface area contributed by atoms with E-state index in [1.807, 2.05) is 0 Å². The first-order valence-electron chi connectivity index (χ1n) is 6.99. The molecular weight excluding hydrogens is 268 g/mol. The van der Waals surface area contributed by atoms with Crippen molar-refractivity contribution in [3.05, 3.63) is 60.7 Å². The lowest BCUT2D eigenvalue weighted by Gasteiger charge is -2.32. The molecule has 0 bridgehead atoms. The normalized spacial score (nSPS) is 13.2. The van der Waals surface area contributed by atoms with Crippen LogP contribution in [0.5, 0.6) is 0 Å². The Morgan fingerprint density at radius 1 is 0.895 bits per heavy atom. The Balaban J connectivity index is 2.51. The lowest BCUT2D eigenvalue weighted by atomic mass is 10.3. The predicted molar refractivity (Wildman–Crippen MR) is 88.1 cm³/mol. The molecule has 0 aliphatic carbocycles. The number of hydrogen-bond donors (Lipinski definition) is 0. The summed E-state index contributed by atoms with van der Waals surface area (Å²) in [6.07, 6.45) is 2.36. The van der Waals surface area contributed by atoms with E-state index >= 15 is 0 Å². The van der Waals surface area contributed by atoms with Gasteiger partial charge in [0.15, 0.2) is 0 Å². The summed E-state index contributed by atoms with van der Waals surface area (Å²) in [5.74, 6) is 0. The minimum absolute atomic E-state index is 0.531. The van der Waals surface area contributed by atoms with Crippen molar-refractivity contribution in [1.82, 2.24) is 0 Å². The van der Waals surface area contributed by atoms with Crippen molar-refractivity contribution < 1.29 is 0 Å². The molecule has 1 atom stereocenters. The van der Waals surface area contributed by atoms with Gasteiger partial charge in [-0.1, -0.05) is 87.4 Å². The van der Waals surface area contributed by atoms with Crippen molar-refractivity contribution >= 4 is 28.8 Å². The van der Waals surface area contributed by atoms with Gasteiger partial charge in [-0.3, -0.25) is 0 Å². The van der Waals surface area contributed by atoms with Crippen LogP contribution in [0.4, 0.5) is 0 Å². The van der Waals surface area contributed by atoms with Gasteiger partial charge in [-0.2, -0.15) is 11.1 Å². The van der Waals surface area contributed by atoms with Gasteiger partial charge in [0.2, 0.25) is 7.38 Å². The summed E-state index contributed by atoms with van der Waals surface area (Å²) >= 11 is 7.26. The Bertz CT molecular complexity index is 456. The minimum atomic E-state index is -2.15. The van der Waals surface area contributed by atoms with Crippen molar-refractivity contribution in [1.29, 1.82) is 0 Å². The van der Waals surface area contributed by atoms with Crippen LogP contribution in [0.15, 0.2) is 60.7 Å². The van der Waals surface area contributed by atoms with Gasteiger partial charge < -0.3 is 0 Å². The lowest BCUT2D eigenvalue weighted by Crippen LogP contribution is -2.56. The Labute approximate surface area is 122 Å². The van der Waals surface area contributed by atoms with Gasteiger partial charge in [0.05, 0.1) is 0 Å². The first kappa shape index (κ1) is 14.4. The second-order valence-corrected chi connectivity index (χ2v) is 10.5. The van der Waals surface area contributed by atoms with Gasteiger partial charge in [-0.25, -0.2) is 0 Å². The summed E-state index contributed by atoms with van der Waals surface area (Å²) in [5.41, 5.74) is 0.531. The maximum Gasteiger partial charge on any atom is 0.220 e. The fraction of sp³-hybridized carbons (Fsp3) is 0.294. The third-order valence-electron chi connectivity index (χ3n) is 3.79. The van der Waals surface area contributed by atoms with Gasteiger partial charge in [0, 0.05) is 0 Å². The van der Waals surface area contributed by atoms with Crippen molar-refractivity contribution in [3.63, 3.8) is 0 Å². The third-order valence-corrected chi connectivity index (χ3v) is 10.2. The van der Waals surface area contributed by atoms with E-state index in [0.29, 0.717) is 5.54 Å². The lowest BCUT2D eigenvalue weighted by molar-refractivity contribution is 0.757. The number of hydrogen-bond acceptors (Lipinski definition) is 0. The van der Waals surface area contributed by atoms with E-state index < -0.39 is 7.38 Å². The first-order chi connectivity index (χ1) is 9.19. The van der Waals surface area contributed by atoms with Crippen LogP contribution in [0, 0.1) is 0 Å². The molecule has 0 saturated carbocycles. The van der Waals surface area contributed by atoms with Crippen LogP contribution in [0.25, 0.3) is 0 Å². The topological polar surface area (TPSA) is 0 Å². The van der Waals surface area contributed by atoms with Crippen LogP contribution >= 0.6 is 11.1 Å². The summed E-state index contributed by atoms with van der Waals surface area (Å²) < 4.78 is 0. The highest BCUT2D eigenvalue weighted by molar-refractivity contribution is 7.34. The number of benzene rings is 2. The monoisotopic (exact) mass is 288 g/mol. The highest BCUT2D eigenvalue weighted by Crippen LogP contribution is 2.29. The molecule has 0 spiro atoms. The molecule has 19 heavy (non-hydrogen) atoms. The molecule has 0 fully saturated rings. The second kappa shape index (κ2) is 6.40. The predicted octanol–water partition coefficient (Wildman–Crippen LogP) is 4.18. The van der Waals surface area contributed by atoms with E-state index in [2.05, 4.69) is 74.5 Å². The second-order valence-electron chi connectivity index (χ2n) is 5.13. The van der Waals surface area contributed by atoms with E-state index in [-0.39, 0.29) is 0 Å². The molecule has 0 aliphatic rings. The minimum Gasteiger partial charge on any atom is -0.155 e. The maximum atomic E-state index is 7.26. The molecule has 2 aromatic rings. The van der Waals surface area contributed by atoms with Crippen LogP contribution in [-0.2, 0) is 0 Å². The largest absolute Gasteiger partial charge is 0.220 e. The molecule has 0 aliphatic heterocycles. The van der Waals surface area contributed by atoms with E-state index in [9.17, 15) is 0 Å². The maximum absolute atomic E-state index is 7.26. The highest BCUT2D eigenvalue weighted by Gasteiger charge is 2.40. The SMILES string of the molecule is CCCC(C)[Si](Cl)(c1ccccc1)c1ccccc1. The Hall–Kier alpha value is -1.05. The Morgan fingerprint density at radius 3 is 1.68 bits per heavy atom. The molecule has 0 heterocycles. The zero-order chi connectivity index (χ0) is 13.7. The number of rotatable bonds is 5. The molecule has 0 saturated heterocycles. The van der Waals surface area contributed by atoms with Crippen LogP contribution < -0.4 is 10.4 Å². The van der Waals surface area contributed by atoms with Gasteiger partial charge in [0.25, 0.3) is 0 Å². The van der Waals surface area contributed by atoms with Gasteiger partial charge in [-0.15, -0.1) is 0 Å². The van der Waals surface area contributed by atoms with Gasteiger partial charge >= 0.3 is 0 Å². The molecule has 2 aromatic carbocycles.